The minimum atomic E-state index is 0.499. The predicted molar refractivity (Wildman–Crippen MR) is 86.8 cm³/mol. The molecular formula is C17H35N3. The van der Waals surface area contributed by atoms with Crippen molar-refractivity contribution in [3.8, 4) is 0 Å². The Hall–Kier alpha value is -0.120. The number of likely N-dealkylation sites (N-methyl/N-ethyl adjacent to an activating group) is 1. The van der Waals surface area contributed by atoms with Crippen LogP contribution in [0, 0.1) is 17.3 Å². The van der Waals surface area contributed by atoms with Crippen LogP contribution in [0.1, 0.15) is 46.5 Å². The monoisotopic (exact) mass is 281 g/mol. The fourth-order valence-corrected chi connectivity index (χ4v) is 4.05. The van der Waals surface area contributed by atoms with E-state index in [1.807, 2.05) is 0 Å². The molecule has 2 fully saturated rings. The van der Waals surface area contributed by atoms with Crippen LogP contribution in [-0.2, 0) is 0 Å². The average Bonchev–Trinajstić information content (AvgIpc) is 2.40. The molecular weight excluding hydrogens is 246 g/mol. The van der Waals surface area contributed by atoms with Gasteiger partial charge in [0.1, 0.15) is 0 Å². The smallest absolute Gasteiger partial charge is 0.0346 e. The summed E-state index contributed by atoms with van der Waals surface area (Å²) in [6.07, 6.45) is 5.70. The highest BCUT2D eigenvalue weighted by Crippen LogP contribution is 2.40. The summed E-state index contributed by atoms with van der Waals surface area (Å²) in [7, 11) is 2.22. The second kappa shape index (κ2) is 6.76. The van der Waals surface area contributed by atoms with Crippen molar-refractivity contribution in [2.24, 2.45) is 23.0 Å². The first kappa shape index (κ1) is 16.3. The van der Waals surface area contributed by atoms with Gasteiger partial charge >= 0.3 is 0 Å². The Morgan fingerprint density at radius 3 is 2.25 bits per heavy atom. The third kappa shape index (κ3) is 4.19. The van der Waals surface area contributed by atoms with Crippen LogP contribution >= 0.6 is 0 Å². The summed E-state index contributed by atoms with van der Waals surface area (Å²) in [5, 5.41) is 0. The maximum atomic E-state index is 5.97. The molecule has 1 atom stereocenters. The summed E-state index contributed by atoms with van der Waals surface area (Å²) >= 11 is 0. The molecule has 1 saturated heterocycles. The lowest BCUT2D eigenvalue weighted by molar-refractivity contribution is 0.0606. The predicted octanol–water partition coefficient (Wildman–Crippen LogP) is 2.41. The average molecular weight is 281 g/mol. The fourth-order valence-electron chi connectivity index (χ4n) is 4.05. The molecule has 0 spiro atoms. The lowest BCUT2D eigenvalue weighted by atomic mass is 9.70. The van der Waals surface area contributed by atoms with E-state index in [0.717, 1.165) is 24.9 Å². The first-order valence-electron chi connectivity index (χ1n) is 8.52. The number of nitrogens with two attached hydrogens (primary N) is 1. The van der Waals surface area contributed by atoms with Crippen molar-refractivity contribution >= 4 is 0 Å². The molecule has 3 heteroatoms. The van der Waals surface area contributed by atoms with E-state index in [1.54, 1.807) is 0 Å². The number of rotatable bonds is 3. The fraction of sp³-hybridized carbons (Fsp3) is 1.00. The standard InChI is InChI=1S/C17H35N3/c1-17(2,3)15-7-5-14(6-8-15)12-20-10-9-19(4)13-16(20)11-18/h14-16H,5-13,18H2,1-4H3. The molecule has 2 N–H and O–H groups in total. The highest BCUT2D eigenvalue weighted by atomic mass is 15.3. The Morgan fingerprint density at radius 2 is 1.70 bits per heavy atom. The highest BCUT2D eigenvalue weighted by molar-refractivity contribution is 4.86. The quantitative estimate of drug-likeness (QED) is 0.862. The van der Waals surface area contributed by atoms with Crippen molar-refractivity contribution in [2.75, 3.05) is 39.8 Å². The third-order valence-electron chi connectivity index (χ3n) is 5.64. The Bertz CT molecular complexity index is 289. The number of hydrogen-bond acceptors (Lipinski definition) is 3. The van der Waals surface area contributed by atoms with E-state index in [1.165, 1.54) is 45.3 Å². The zero-order valence-corrected chi connectivity index (χ0v) is 14.1. The van der Waals surface area contributed by atoms with E-state index in [2.05, 4.69) is 37.6 Å². The second-order valence-corrected chi connectivity index (χ2v) is 8.23. The van der Waals surface area contributed by atoms with E-state index in [4.69, 9.17) is 5.73 Å². The maximum absolute atomic E-state index is 5.97. The molecule has 1 unspecified atom stereocenters. The van der Waals surface area contributed by atoms with Crippen LogP contribution in [0.3, 0.4) is 0 Å². The Labute approximate surface area is 125 Å². The summed E-state index contributed by atoms with van der Waals surface area (Å²) in [6.45, 7) is 12.9. The van der Waals surface area contributed by atoms with Gasteiger partial charge in [-0.1, -0.05) is 20.8 Å². The maximum Gasteiger partial charge on any atom is 0.0346 e. The first-order chi connectivity index (χ1) is 9.40. The SMILES string of the molecule is CN1CCN(CC2CCC(C(C)(C)C)CC2)C(CN)C1. The van der Waals surface area contributed by atoms with Crippen molar-refractivity contribution in [1.29, 1.82) is 0 Å². The molecule has 0 radical (unpaired) electrons. The van der Waals surface area contributed by atoms with Crippen molar-refractivity contribution in [3.05, 3.63) is 0 Å². The Morgan fingerprint density at radius 1 is 1.05 bits per heavy atom. The van der Waals surface area contributed by atoms with Gasteiger partial charge in [-0.2, -0.15) is 0 Å². The molecule has 1 aliphatic carbocycles. The van der Waals surface area contributed by atoms with Gasteiger partial charge in [0.25, 0.3) is 0 Å². The minimum absolute atomic E-state index is 0.499. The number of hydrogen-bond donors (Lipinski definition) is 1. The van der Waals surface area contributed by atoms with Crippen molar-refractivity contribution in [3.63, 3.8) is 0 Å². The first-order valence-corrected chi connectivity index (χ1v) is 8.52. The van der Waals surface area contributed by atoms with Crippen molar-refractivity contribution in [1.82, 2.24) is 9.80 Å². The van der Waals surface area contributed by atoms with Crippen LogP contribution in [0.4, 0.5) is 0 Å². The Kier molecular flexibility index (Phi) is 5.49. The largest absolute Gasteiger partial charge is 0.329 e. The summed E-state index contributed by atoms with van der Waals surface area (Å²) in [6, 6.07) is 0.578. The third-order valence-corrected chi connectivity index (χ3v) is 5.64. The van der Waals surface area contributed by atoms with Crippen LogP contribution < -0.4 is 5.73 Å². The molecule has 3 nitrogen and oxygen atoms in total. The van der Waals surface area contributed by atoms with Crippen molar-refractivity contribution < 1.29 is 0 Å². The lowest BCUT2D eigenvalue weighted by Gasteiger charge is -2.43. The Balaban J connectivity index is 1.80. The van der Waals surface area contributed by atoms with E-state index in [9.17, 15) is 0 Å². The summed E-state index contributed by atoms with van der Waals surface area (Å²) in [5.41, 5.74) is 6.47. The van der Waals surface area contributed by atoms with Gasteiger partial charge in [-0.3, -0.25) is 4.90 Å². The summed E-state index contributed by atoms with van der Waals surface area (Å²) in [5.74, 6) is 1.84. The van der Waals surface area contributed by atoms with Gasteiger partial charge in [-0.15, -0.1) is 0 Å². The molecule has 0 amide bonds. The molecule has 1 aliphatic heterocycles. The van der Waals surface area contributed by atoms with E-state index >= 15 is 0 Å². The molecule has 1 heterocycles. The zero-order chi connectivity index (χ0) is 14.8. The van der Waals surface area contributed by atoms with Crippen LogP contribution in [0.15, 0.2) is 0 Å². The highest BCUT2D eigenvalue weighted by Gasteiger charge is 2.32. The van der Waals surface area contributed by atoms with Gasteiger partial charge in [0.2, 0.25) is 0 Å². The van der Waals surface area contributed by atoms with Gasteiger partial charge in [0, 0.05) is 38.8 Å². The van der Waals surface area contributed by atoms with Crippen LogP contribution in [0.2, 0.25) is 0 Å². The molecule has 118 valence electrons. The van der Waals surface area contributed by atoms with Gasteiger partial charge in [0.15, 0.2) is 0 Å². The van der Waals surface area contributed by atoms with Crippen LogP contribution in [0.25, 0.3) is 0 Å². The lowest BCUT2D eigenvalue weighted by Crippen LogP contribution is -2.56. The zero-order valence-electron chi connectivity index (χ0n) is 14.1. The minimum Gasteiger partial charge on any atom is -0.329 e. The van der Waals surface area contributed by atoms with E-state index in [0.29, 0.717) is 11.5 Å². The van der Waals surface area contributed by atoms with Gasteiger partial charge in [-0.25, -0.2) is 0 Å². The van der Waals surface area contributed by atoms with Gasteiger partial charge in [0.05, 0.1) is 0 Å². The van der Waals surface area contributed by atoms with Crippen molar-refractivity contribution in [2.45, 2.75) is 52.5 Å². The summed E-state index contributed by atoms with van der Waals surface area (Å²) in [4.78, 5) is 5.09. The normalized spacial score (nSPS) is 34.4. The number of piperazine rings is 1. The second-order valence-electron chi connectivity index (χ2n) is 8.23. The van der Waals surface area contributed by atoms with Gasteiger partial charge in [-0.05, 0) is 50.0 Å². The molecule has 0 aromatic rings. The molecule has 20 heavy (non-hydrogen) atoms. The molecule has 0 aromatic carbocycles. The number of nitrogens with zero attached hydrogens (tertiary/aromatic N) is 2. The molecule has 0 aromatic heterocycles. The summed E-state index contributed by atoms with van der Waals surface area (Å²) < 4.78 is 0. The van der Waals surface area contributed by atoms with E-state index in [-0.39, 0.29) is 0 Å². The topological polar surface area (TPSA) is 32.5 Å². The molecule has 2 aliphatic rings. The van der Waals surface area contributed by atoms with E-state index < -0.39 is 0 Å². The van der Waals surface area contributed by atoms with Gasteiger partial charge < -0.3 is 10.6 Å². The molecule has 2 rings (SSSR count). The van der Waals surface area contributed by atoms with Crippen LogP contribution in [-0.4, -0.2) is 55.6 Å². The molecule has 1 saturated carbocycles. The van der Waals surface area contributed by atoms with Crippen LogP contribution in [0.5, 0.6) is 0 Å². The molecule has 0 bridgehead atoms.